The number of aromatic nitrogens is 2. The number of amides is 1. The van der Waals surface area contributed by atoms with Crippen LogP contribution >= 0.6 is 11.5 Å². The quantitative estimate of drug-likeness (QED) is 0.768. The molecule has 0 radical (unpaired) electrons. The zero-order valence-electron chi connectivity index (χ0n) is 8.14. The fraction of sp³-hybridized carbons (Fsp3) is 0.500. The molecule has 7 heteroatoms. The number of nitrogens with zero attached hydrogens (tertiary/aromatic N) is 2. The van der Waals surface area contributed by atoms with E-state index in [1.54, 1.807) is 0 Å². The second-order valence-electron chi connectivity index (χ2n) is 2.93. The summed E-state index contributed by atoms with van der Waals surface area (Å²) in [7, 11) is 0. The van der Waals surface area contributed by atoms with Gasteiger partial charge in [-0.05, 0) is 18.0 Å². The van der Waals surface area contributed by atoms with Gasteiger partial charge in [-0.2, -0.15) is 0 Å². The van der Waals surface area contributed by atoms with E-state index in [1.807, 2.05) is 6.92 Å². The molecule has 82 valence electrons. The van der Waals surface area contributed by atoms with Crippen molar-refractivity contribution in [1.29, 1.82) is 0 Å². The summed E-state index contributed by atoms with van der Waals surface area (Å²) in [6.07, 6.45) is 2.41. The molecule has 0 saturated heterocycles. The van der Waals surface area contributed by atoms with Crippen LogP contribution in [-0.2, 0) is 4.79 Å². The van der Waals surface area contributed by atoms with Crippen molar-refractivity contribution in [2.24, 2.45) is 0 Å². The molecule has 1 aromatic heterocycles. The van der Waals surface area contributed by atoms with Gasteiger partial charge < -0.3 is 10.4 Å². The van der Waals surface area contributed by atoms with Gasteiger partial charge in [0.05, 0.1) is 6.20 Å². The van der Waals surface area contributed by atoms with Gasteiger partial charge in [0.25, 0.3) is 5.91 Å². The second kappa shape index (κ2) is 5.40. The number of aliphatic carboxylic acids is 1. The lowest BCUT2D eigenvalue weighted by Crippen LogP contribution is -2.40. The van der Waals surface area contributed by atoms with Crippen LogP contribution in [0.2, 0.25) is 0 Å². The van der Waals surface area contributed by atoms with Gasteiger partial charge in [-0.3, -0.25) is 4.79 Å². The number of nitrogens with one attached hydrogen (secondary N) is 1. The van der Waals surface area contributed by atoms with Gasteiger partial charge in [-0.1, -0.05) is 17.8 Å². The molecule has 0 aliphatic rings. The number of rotatable bonds is 5. The van der Waals surface area contributed by atoms with Crippen molar-refractivity contribution in [3.8, 4) is 0 Å². The fourth-order valence-corrected chi connectivity index (χ4v) is 1.46. The Labute approximate surface area is 90.5 Å². The van der Waals surface area contributed by atoms with Gasteiger partial charge in [-0.15, -0.1) is 5.10 Å². The summed E-state index contributed by atoms with van der Waals surface area (Å²) in [5, 5.41) is 14.7. The van der Waals surface area contributed by atoms with Crippen molar-refractivity contribution >= 4 is 23.4 Å². The first kappa shape index (κ1) is 11.6. The van der Waals surface area contributed by atoms with Gasteiger partial charge in [0.15, 0.2) is 0 Å². The molecule has 0 fully saturated rings. The molecule has 0 unspecified atom stereocenters. The number of carboxylic acid groups (broad SMARTS) is 1. The molecule has 6 nitrogen and oxygen atoms in total. The lowest BCUT2D eigenvalue weighted by molar-refractivity contribution is -0.139. The Bertz CT molecular complexity index is 339. The van der Waals surface area contributed by atoms with Crippen LogP contribution in [0.5, 0.6) is 0 Å². The number of carboxylic acids is 1. The largest absolute Gasteiger partial charge is 0.480 e. The standard InChI is InChI=1S/C8H11N3O3S/c1-2-3-5(8(13)14)10-7(12)6-4-9-11-15-6/h4-5H,2-3H2,1H3,(H,10,12)(H,13,14)/t5-/m0/s1. The first-order chi connectivity index (χ1) is 7.15. The number of hydrogen-bond donors (Lipinski definition) is 2. The van der Waals surface area contributed by atoms with Crippen LogP contribution < -0.4 is 5.32 Å². The van der Waals surface area contributed by atoms with Gasteiger partial charge >= 0.3 is 5.97 Å². The maximum absolute atomic E-state index is 11.5. The van der Waals surface area contributed by atoms with Crippen molar-refractivity contribution in [3.63, 3.8) is 0 Å². The van der Waals surface area contributed by atoms with Crippen LogP contribution in [0.1, 0.15) is 29.4 Å². The molecule has 0 aromatic carbocycles. The van der Waals surface area contributed by atoms with Crippen LogP contribution in [0.3, 0.4) is 0 Å². The van der Waals surface area contributed by atoms with Crippen LogP contribution in [0.15, 0.2) is 6.20 Å². The van der Waals surface area contributed by atoms with Crippen molar-refractivity contribution in [3.05, 3.63) is 11.1 Å². The first-order valence-electron chi connectivity index (χ1n) is 4.46. The lowest BCUT2D eigenvalue weighted by atomic mass is 10.1. The van der Waals surface area contributed by atoms with Crippen molar-refractivity contribution in [1.82, 2.24) is 14.9 Å². The third-order valence-corrected chi connectivity index (χ3v) is 2.43. The van der Waals surface area contributed by atoms with Crippen molar-refractivity contribution < 1.29 is 14.7 Å². The Balaban J connectivity index is 2.59. The molecule has 1 rings (SSSR count). The Morgan fingerprint density at radius 2 is 2.40 bits per heavy atom. The van der Waals surface area contributed by atoms with Gasteiger partial charge in [-0.25, -0.2) is 4.79 Å². The average Bonchev–Trinajstić information content (AvgIpc) is 2.69. The van der Waals surface area contributed by atoms with Crippen LogP contribution in [-0.4, -0.2) is 32.6 Å². The Morgan fingerprint density at radius 1 is 1.67 bits per heavy atom. The topological polar surface area (TPSA) is 92.2 Å². The van der Waals surface area contributed by atoms with Crippen LogP contribution in [0, 0.1) is 0 Å². The van der Waals surface area contributed by atoms with E-state index in [2.05, 4.69) is 14.9 Å². The smallest absolute Gasteiger partial charge is 0.326 e. The minimum atomic E-state index is -1.03. The van der Waals surface area contributed by atoms with E-state index < -0.39 is 17.9 Å². The predicted octanol–water partition coefficient (Wildman–Crippen LogP) is 0.521. The molecule has 0 bridgehead atoms. The number of carbonyl (C=O) groups is 2. The van der Waals surface area contributed by atoms with Crippen molar-refractivity contribution in [2.45, 2.75) is 25.8 Å². The highest BCUT2D eigenvalue weighted by molar-refractivity contribution is 7.07. The molecule has 15 heavy (non-hydrogen) atoms. The molecule has 0 saturated carbocycles. The highest BCUT2D eigenvalue weighted by atomic mass is 32.1. The summed E-state index contributed by atoms with van der Waals surface area (Å²) in [6, 6.07) is -0.843. The van der Waals surface area contributed by atoms with Crippen LogP contribution in [0.4, 0.5) is 0 Å². The molecular weight excluding hydrogens is 218 g/mol. The maximum atomic E-state index is 11.5. The summed E-state index contributed by atoms with van der Waals surface area (Å²) < 4.78 is 3.52. The van der Waals surface area contributed by atoms with E-state index in [1.165, 1.54) is 6.20 Å². The molecule has 2 N–H and O–H groups in total. The summed E-state index contributed by atoms with van der Waals surface area (Å²) in [5.74, 6) is -1.46. The highest BCUT2D eigenvalue weighted by Gasteiger charge is 2.20. The molecule has 0 spiro atoms. The van der Waals surface area contributed by atoms with Crippen molar-refractivity contribution in [2.75, 3.05) is 0 Å². The molecule has 1 amide bonds. The minimum absolute atomic E-state index is 0.317. The monoisotopic (exact) mass is 229 g/mol. The van der Waals surface area contributed by atoms with E-state index in [9.17, 15) is 9.59 Å². The van der Waals surface area contributed by atoms with Gasteiger partial charge in [0, 0.05) is 0 Å². The first-order valence-corrected chi connectivity index (χ1v) is 5.23. The van der Waals surface area contributed by atoms with Gasteiger partial charge in [0.2, 0.25) is 0 Å². The average molecular weight is 229 g/mol. The van der Waals surface area contributed by atoms with Gasteiger partial charge in [0.1, 0.15) is 10.9 Å². The summed E-state index contributed by atoms with van der Waals surface area (Å²) in [4.78, 5) is 22.5. The van der Waals surface area contributed by atoms with E-state index in [4.69, 9.17) is 5.11 Å². The molecule has 1 heterocycles. The molecule has 0 aliphatic heterocycles. The molecular formula is C8H11N3O3S. The van der Waals surface area contributed by atoms with E-state index >= 15 is 0 Å². The zero-order valence-corrected chi connectivity index (χ0v) is 8.95. The van der Waals surface area contributed by atoms with Crippen LogP contribution in [0.25, 0.3) is 0 Å². The minimum Gasteiger partial charge on any atom is -0.480 e. The number of hydrogen-bond acceptors (Lipinski definition) is 5. The predicted molar refractivity (Wildman–Crippen MR) is 53.7 cm³/mol. The summed E-state index contributed by atoms with van der Waals surface area (Å²) in [5.41, 5.74) is 0. The normalized spacial score (nSPS) is 12.1. The fourth-order valence-electron chi connectivity index (χ4n) is 1.04. The third-order valence-electron chi connectivity index (χ3n) is 1.77. The summed E-state index contributed by atoms with van der Waals surface area (Å²) in [6.45, 7) is 1.86. The Hall–Kier alpha value is -1.50. The van der Waals surface area contributed by atoms with E-state index in [-0.39, 0.29) is 0 Å². The lowest BCUT2D eigenvalue weighted by Gasteiger charge is -2.11. The third kappa shape index (κ3) is 3.28. The Kier molecular flexibility index (Phi) is 4.17. The van der Waals surface area contributed by atoms with E-state index in [0.717, 1.165) is 11.5 Å². The Morgan fingerprint density at radius 3 is 2.87 bits per heavy atom. The highest BCUT2D eigenvalue weighted by Crippen LogP contribution is 2.04. The second-order valence-corrected chi connectivity index (χ2v) is 3.72. The zero-order chi connectivity index (χ0) is 11.3. The van der Waals surface area contributed by atoms with E-state index in [0.29, 0.717) is 17.7 Å². The molecule has 1 aromatic rings. The SMILES string of the molecule is CCC[C@H](NC(=O)c1cnns1)C(=O)O. The maximum Gasteiger partial charge on any atom is 0.326 e. The number of carbonyl (C=O) groups excluding carboxylic acids is 1. The molecule has 1 atom stereocenters. The summed E-state index contributed by atoms with van der Waals surface area (Å²) >= 11 is 0.937. The molecule has 0 aliphatic carbocycles.